The predicted octanol–water partition coefficient (Wildman–Crippen LogP) is 2.13. The molecule has 0 atom stereocenters. The van der Waals surface area contributed by atoms with Crippen LogP contribution in [0.25, 0.3) is 0 Å². The second kappa shape index (κ2) is 4.89. The molecule has 1 saturated carbocycles. The summed E-state index contributed by atoms with van der Waals surface area (Å²) < 4.78 is 11.2. The summed E-state index contributed by atoms with van der Waals surface area (Å²) in [5, 5.41) is 1.11. The summed E-state index contributed by atoms with van der Waals surface area (Å²) in [6.07, 6.45) is 4.31. The minimum absolute atomic E-state index is 0.236. The molecule has 2 heterocycles. The van der Waals surface area contributed by atoms with Crippen molar-refractivity contribution in [2.75, 3.05) is 20.3 Å². The van der Waals surface area contributed by atoms with Crippen LogP contribution in [0.2, 0.25) is 0 Å². The minimum atomic E-state index is -0.236. The van der Waals surface area contributed by atoms with Crippen LogP contribution in [0.1, 0.15) is 47.2 Å². The van der Waals surface area contributed by atoms with E-state index in [9.17, 15) is 0 Å². The average Bonchev–Trinajstić information content (AvgIpc) is 3.18. The molecule has 1 aliphatic carbocycles. The van der Waals surface area contributed by atoms with Crippen molar-refractivity contribution in [1.82, 2.24) is 4.98 Å². The first-order valence-electron chi connectivity index (χ1n) is 6.62. The predicted molar refractivity (Wildman–Crippen MR) is 70.7 cm³/mol. The Balaban J connectivity index is 1.94. The summed E-state index contributed by atoms with van der Waals surface area (Å²) >= 11 is 1.74. The summed E-state index contributed by atoms with van der Waals surface area (Å²) in [6, 6.07) is 0. The Morgan fingerprint density at radius 2 is 2.17 bits per heavy atom. The van der Waals surface area contributed by atoms with E-state index >= 15 is 0 Å². The van der Waals surface area contributed by atoms with Crippen LogP contribution in [0, 0.1) is 0 Å². The van der Waals surface area contributed by atoms with Crippen LogP contribution in [0.4, 0.5) is 0 Å². The van der Waals surface area contributed by atoms with Crippen LogP contribution in [-0.4, -0.2) is 25.3 Å². The van der Waals surface area contributed by atoms with Gasteiger partial charge >= 0.3 is 0 Å². The molecule has 3 rings (SSSR count). The summed E-state index contributed by atoms with van der Waals surface area (Å²) in [4.78, 5) is 6.11. The molecule has 0 spiro atoms. The molecule has 2 aliphatic rings. The van der Waals surface area contributed by atoms with E-state index in [0.29, 0.717) is 12.5 Å². The highest BCUT2D eigenvalue weighted by atomic mass is 32.1. The fourth-order valence-corrected chi connectivity index (χ4v) is 3.84. The zero-order chi connectivity index (χ0) is 12.6. The molecule has 0 aromatic carbocycles. The summed E-state index contributed by atoms with van der Waals surface area (Å²) in [7, 11) is 1.78. The van der Waals surface area contributed by atoms with E-state index in [2.05, 4.69) is 0 Å². The zero-order valence-electron chi connectivity index (χ0n) is 10.8. The lowest BCUT2D eigenvalue weighted by Gasteiger charge is -2.33. The topological polar surface area (TPSA) is 57.4 Å². The highest BCUT2D eigenvalue weighted by Crippen LogP contribution is 2.46. The second-order valence-electron chi connectivity index (χ2n) is 5.12. The van der Waals surface area contributed by atoms with Gasteiger partial charge in [0.25, 0.3) is 0 Å². The lowest BCUT2D eigenvalue weighted by molar-refractivity contribution is -0.0948. The second-order valence-corrected chi connectivity index (χ2v) is 6.20. The highest BCUT2D eigenvalue weighted by molar-refractivity contribution is 7.11. The van der Waals surface area contributed by atoms with Gasteiger partial charge in [-0.05, 0) is 12.8 Å². The van der Waals surface area contributed by atoms with Gasteiger partial charge in [0.15, 0.2) is 0 Å². The van der Waals surface area contributed by atoms with Crippen molar-refractivity contribution in [2.45, 2.75) is 43.7 Å². The van der Waals surface area contributed by atoms with Crippen LogP contribution < -0.4 is 5.73 Å². The Hall–Kier alpha value is -0.490. The number of nitrogens with zero attached hydrogens (tertiary/aromatic N) is 1. The number of thiazole rings is 1. The normalized spacial score (nSPS) is 23.2. The maximum atomic E-state index is 5.85. The molecule has 0 unspecified atom stereocenters. The fraction of sp³-hybridized carbons (Fsp3) is 0.769. The smallest absolute Gasteiger partial charge is 0.125 e. The standard InChI is InChI=1S/C13H20N2O2S/c1-16-13(4-6-17-7-5-13)12-15-11(9-2-3-9)10(8-14)18-12/h9H,2-8,14H2,1H3. The first-order chi connectivity index (χ1) is 8.79. The van der Waals surface area contributed by atoms with Crippen molar-refractivity contribution in [2.24, 2.45) is 5.73 Å². The maximum Gasteiger partial charge on any atom is 0.125 e. The number of aromatic nitrogens is 1. The molecule has 2 fully saturated rings. The SMILES string of the molecule is COC1(c2nc(C3CC3)c(CN)s2)CCOCC1. The molecule has 0 radical (unpaired) electrons. The molecule has 100 valence electrons. The third-order valence-corrected chi connectivity index (χ3v) is 5.24. The van der Waals surface area contributed by atoms with Gasteiger partial charge in [-0.1, -0.05) is 0 Å². The molecule has 0 bridgehead atoms. The molecule has 1 aromatic heterocycles. The van der Waals surface area contributed by atoms with Gasteiger partial charge in [0.2, 0.25) is 0 Å². The first-order valence-corrected chi connectivity index (χ1v) is 7.44. The maximum absolute atomic E-state index is 5.85. The molecule has 1 saturated heterocycles. The zero-order valence-corrected chi connectivity index (χ0v) is 11.6. The number of nitrogens with two attached hydrogens (primary N) is 1. The molecular weight excluding hydrogens is 248 g/mol. The van der Waals surface area contributed by atoms with E-state index in [1.54, 1.807) is 18.4 Å². The number of rotatable bonds is 4. The molecule has 1 aromatic rings. The van der Waals surface area contributed by atoms with Gasteiger partial charge < -0.3 is 15.2 Å². The van der Waals surface area contributed by atoms with Gasteiger partial charge in [-0.25, -0.2) is 4.98 Å². The van der Waals surface area contributed by atoms with Crippen molar-refractivity contribution in [1.29, 1.82) is 0 Å². The van der Waals surface area contributed by atoms with Gasteiger partial charge in [-0.2, -0.15) is 0 Å². The molecule has 5 heteroatoms. The number of hydrogen-bond acceptors (Lipinski definition) is 5. The number of ether oxygens (including phenoxy) is 2. The van der Waals surface area contributed by atoms with Crippen LogP contribution >= 0.6 is 11.3 Å². The van der Waals surface area contributed by atoms with Gasteiger partial charge in [-0.3, -0.25) is 0 Å². The van der Waals surface area contributed by atoms with Crippen LogP contribution in [0.5, 0.6) is 0 Å². The fourth-order valence-electron chi connectivity index (χ4n) is 2.59. The molecule has 1 aliphatic heterocycles. The number of hydrogen-bond donors (Lipinski definition) is 1. The minimum Gasteiger partial charge on any atom is -0.381 e. The average molecular weight is 268 g/mol. The Bertz CT molecular complexity index is 423. The Morgan fingerprint density at radius 3 is 2.72 bits per heavy atom. The monoisotopic (exact) mass is 268 g/mol. The van der Waals surface area contributed by atoms with Crippen LogP contribution in [0.15, 0.2) is 0 Å². The Labute approximate surface area is 111 Å². The lowest BCUT2D eigenvalue weighted by Crippen LogP contribution is -2.35. The molecule has 18 heavy (non-hydrogen) atoms. The van der Waals surface area contributed by atoms with Crippen molar-refractivity contribution in [3.8, 4) is 0 Å². The van der Waals surface area contributed by atoms with E-state index in [0.717, 1.165) is 31.1 Å². The van der Waals surface area contributed by atoms with Crippen LogP contribution in [0.3, 0.4) is 0 Å². The van der Waals surface area contributed by atoms with E-state index in [1.165, 1.54) is 23.4 Å². The Kier molecular flexibility index (Phi) is 3.40. The largest absolute Gasteiger partial charge is 0.381 e. The lowest BCUT2D eigenvalue weighted by atomic mass is 9.95. The van der Waals surface area contributed by atoms with E-state index in [-0.39, 0.29) is 5.60 Å². The van der Waals surface area contributed by atoms with E-state index in [1.807, 2.05) is 0 Å². The molecule has 2 N–H and O–H groups in total. The van der Waals surface area contributed by atoms with Gasteiger partial charge in [0.05, 0.1) is 5.69 Å². The van der Waals surface area contributed by atoms with Crippen LogP contribution in [-0.2, 0) is 21.6 Å². The Morgan fingerprint density at radius 1 is 1.44 bits per heavy atom. The quantitative estimate of drug-likeness (QED) is 0.909. The first kappa shape index (κ1) is 12.5. The summed E-state index contributed by atoms with van der Waals surface area (Å²) in [5.74, 6) is 0.655. The van der Waals surface area contributed by atoms with E-state index in [4.69, 9.17) is 20.2 Å². The van der Waals surface area contributed by atoms with E-state index < -0.39 is 0 Å². The van der Waals surface area contributed by atoms with Crippen molar-refractivity contribution in [3.05, 3.63) is 15.6 Å². The summed E-state index contributed by atoms with van der Waals surface area (Å²) in [6.45, 7) is 2.11. The van der Waals surface area contributed by atoms with Crippen molar-refractivity contribution >= 4 is 11.3 Å². The third kappa shape index (κ3) is 2.09. The van der Waals surface area contributed by atoms with Gasteiger partial charge in [0.1, 0.15) is 10.6 Å². The number of methoxy groups -OCH3 is 1. The molecule has 4 nitrogen and oxygen atoms in total. The van der Waals surface area contributed by atoms with Gasteiger partial charge in [-0.15, -0.1) is 11.3 Å². The molecular formula is C13H20N2O2S. The van der Waals surface area contributed by atoms with Crippen molar-refractivity contribution < 1.29 is 9.47 Å². The third-order valence-electron chi connectivity index (χ3n) is 3.96. The van der Waals surface area contributed by atoms with Crippen molar-refractivity contribution in [3.63, 3.8) is 0 Å². The molecule has 0 amide bonds. The summed E-state index contributed by atoms with van der Waals surface area (Å²) in [5.41, 5.74) is 6.85. The van der Waals surface area contributed by atoms with Gasteiger partial charge in [0, 0.05) is 50.5 Å². The highest BCUT2D eigenvalue weighted by Gasteiger charge is 2.39.